The lowest BCUT2D eigenvalue weighted by Crippen LogP contribution is -2.49. The molecular formula is C13H28ClN3O. The van der Waals surface area contributed by atoms with Crippen LogP contribution in [-0.2, 0) is 4.79 Å². The summed E-state index contributed by atoms with van der Waals surface area (Å²) in [5.74, 6) is 0.843. The van der Waals surface area contributed by atoms with Crippen molar-refractivity contribution in [3.05, 3.63) is 0 Å². The summed E-state index contributed by atoms with van der Waals surface area (Å²) in [4.78, 5) is 14.2. The SMILES string of the molecule is CCCNC(=O)C(C)N1CCCC(CCN)C1.Cl. The summed E-state index contributed by atoms with van der Waals surface area (Å²) >= 11 is 0. The molecule has 4 nitrogen and oxygen atoms in total. The number of carbonyl (C=O) groups is 1. The van der Waals surface area contributed by atoms with E-state index in [4.69, 9.17) is 5.73 Å². The lowest BCUT2D eigenvalue weighted by Gasteiger charge is -2.36. The van der Waals surface area contributed by atoms with Gasteiger partial charge < -0.3 is 11.1 Å². The minimum atomic E-state index is 0. The first-order valence-corrected chi connectivity index (χ1v) is 6.90. The molecule has 0 aromatic rings. The van der Waals surface area contributed by atoms with Crippen LogP contribution in [0.3, 0.4) is 0 Å². The number of piperidine rings is 1. The number of likely N-dealkylation sites (tertiary alicyclic amines) is 1. The average Bonchev–Trinajstić information content (AvgIpc) is 2.35. The van der Waals surface area contributed by atoms with Crippen LogP contribution in [0.5, 0.6) is 0 Å². The first-order valence-electron chi connectivity index (χ1n) is 6.90. The number of nitrogens with one attached hydrogen (secondary N) is 1. The zero-order valence-electron chi connectivity index (χ0n) is 11.7. The van der Waals surface area contributed by atoms with Gasteiger partial charge in [-0.15, -0.1) is 12.4 Å². The van der Waals surface area contributed by atoms with Gasteiger partial charge in [0.2, 0.25) is 5.91 Å². The van der Waals surface area contributed by atoms with E-state index in [0.29, 0.717) is 5.92 Å². The lowest BCUT2D eigenvalue weighted by molar-refractivity contribution is -0.126. The van der Waals surface area contributed by atoms with E-state index in [1.807, 2.05) is 6.92 Å². The molecule has 2 atom stereocenters. The molecular weight excluding hydrogens is 250 g/mol. The fraction of sp³-hybridized carbons (Fsp3) is 0.923. The molecule has 1 aliphatic rings. The number of nitrogens with zero attached hydrogens (tertiary/aromatic N) is 1. The highest BCUT2D eigenvalue weighted by Gasteiger charge is 2.26. The van der Waals surface area contributed by atoms with Crippen LogP contribution in [0.25, 0.3) is 0 Å². The first-order chi connectivity index (χ1) is 8.19. The van der Waals surface area contributed by atoms with Crippen LogP contribution in [-0.4, -0.2) is 43.0 Å². The van der Waals surface area contributed by atoms with Crippen molar-refractivity contribution in [2.24, 2.45) is 11.7 Å². The lowest BCUT2D eigenvalue weighted by atomic mass is 9.94. The van der Waals surface area contributed by atoms with Gasteiger partial charge in [0.05, 0.1) is 6.04 Å². The third-order valence-corrected chi connectivity index (χ3v) is 3.60. The Hall–Kier alpha value is -0.320. The van der Waals surface area contributed by atoms with Crippen LogP contribution in [0.1, 0.15) is 39.5 Å². The molecule has 1 fully saturated rings. The van der Waals surface area contributed by atoms with E-state index in [1.165, 1.54) is 12.8 Å². The number of nitrogens with two attached hydrogens (primary N) is 1. The Bertz CT molecular complexity index is 236. The Morgan fingerprint density at radius 2 is 2.28 bits per heavy atom. The number of amides is 1. The highest BCUT2D eigenvalue weighted by Crippen LogP contribution is 2.20. The molecule has 0 aromatic heterocycles. The van der Waals surface area contributed by atoms with Gasteiger partial charge in [-0.3, -0.25) is 9.69 Å². The predicted octanol–water partition coefficient (Wildman–Crippen LogP) is 1.38. The molecule has 1 aliphatic heterocycles. The number of hydrogen-bond acceptors (Lipinski definition) is 3. The molecule has 1 rings (SSSR count). The van der Waals surface area contributed by atoms with Gasteiger partial charge in [0.1, 0.15) is 0 Å². The van der Waals surface area contributed by atoms with Crippen molar-refractivity contribution >= 4 is 18.3 Å². The van der Waals surface area contributed by atoms with Crippen molar-refractivity contribution in [1.29, 1.82) is 0 Å². The quantitative estimate of drug-likeness (QED) is 0.771. The molecule has 1 saturated heterocycles. The number of halogens is 1. The first kappa shape index (κ1) is 17.7. The maximum atomic E-state index is 11.9. The Kier molecular flexibility index (Phi) is 9.42. The summed E-state index contributed by atoms with van der Waals surface area (Å²) in [6, 6.07) is 0.00197. The standard InChI is InChI=1S/C13H27N3O.ClH/c1-3-8-15-13(17)11(2)16-9-4-5-12(10-16)6-7-14;/h11-12H,3-10,14H2,1-2H3,(H,15,17);1H. The van der Waals surface area contributed by atoms with E-state index in [1.54, 1.807) is 0 Å². The van der Waals surface area contributed by atoms with Gasteiger partial charge in [-0.25, -0.2) is 0 Å². The highest BCUT2D eigenvalue weighted by molar-refractivity contribution is 5.85. The van der Waals surface area contributed by atoms with Crippen molar-refractivity contribution in [2.45, 2.75) is 45.6 Å². The van der Waals surface area contributed by atoms with Crippen LogP contribution < -0.4 is 11.1 Å². The Balaban J connectivity index is 0.00000289. The third kappa shape index (κ3) is 5.55. The van der Waals surface area contributed by atoms with E-state index < -0.39 is 0 Å². The molecule has 2 unspecified atom stereocenters. The van der Waals surface area contributed by atoms with Gasteiger partial charge in [-0.1, -0.05) is 6.92 Å². The molecule has 5 heteroatoms. The van der Waals surface area contributed by atoms with E-state index >= 15 is 0 Å². The molecule has 0 aliphatic carbocycles. The zero-order valence-corrected chi connectivity index (χ0v) is 12.5. The second kappa shape index (κ2) is 9.59. The van der Waals surface area contributed by atoms with Gasteiger partial charge in [0.25, 0.3) is 0 Å². The zero-order chi connectivity index (χ0) is 12.7. The number of carbonyl (C=O) groups excluding carboxylic acids is 1. The molecule has 18 heavy (non-hydrogen) atoms. The summed E-state index contributed by atoms with van der Waals surface area (Å²) in [6.45, 7) is 7.69. The smallest absolute Gasteiger partial charge is 0.237 e. The van der Waals surface area contributed by atoms with Crippen molar-refractivity contribution < 1.29 is 4.79 Å². The van der Waals surface area contributed by atoms with Crippen LogP contribution >= 0.6 is 12.4 Å². The second-order valence-corrected chi connectivity index (χ2v) is 5.05. The highest BCUT2D eigenvalue weighted by atomic mass is 35.5. The van der Waals surface area contributed by atoms with Crippen molar-refractivity contribution in [1.82, 2.24) is 10.2 Å². The molecule has 0 aromatic carbocycles. The van der Waals surface area contributed by atoms with E-state index in [9.17, 15) is 4.79 Å². The molecule has 0 bridgehead atoms. The number of hydrogen-bond donors (Lipinski definition) is 2. The van der Waals surface area contributed by atoms with Crippen LogP contribution in [0.2, 0.25) is 0 Å². The molecule has 0 radical (unpaired) electrons. The molecule has 3 N–H and O–H groups in total. The van der Waals surface area contributed by atoms with Crippen molar-refractivity contribution in [3.8, 4) is 0 Å². The Labute approximate surface area is 117 Å². The maximum Gasteiger partial charge on any atom is 0.237 e. The fourth-order valence-corrected chi connectivity index (χ4v) is 2.48. The Morgan fingerprint density at radius 1 is 1.56 bits per heavy atom. The van der Waals surface area contributed by atoms with Crippen LogP contribution in [0.4, 0.5) is 0 Å². The topological polar surface area (TPSA) is 58.4 Å². The van der Waals surface area contributed by atoms with Gasteiger partial charge >= 0.3 is 0 Å². The third-order valence-electron chi connectivity index (χ3n) is 3.60. The molecule has 1 heterocycles. The normalized spacial score (nSPS) is 22.1. The summed E-state index contributed by atoms with van der Waals surface area (Å²) in [5, 5.41) is 2.97. The average molecular weight is 278 g/mol. The van der Waals surface area contributed by atoms with Crippen molar-refractivity contribution in [2.75, 3.05) is 26.2 Å². The van der Waals surface area contributed by atoms with Gasteiger partial charge in [-0.2, -0.15) is 0 Å². The van der Waals surface area contributed by atoms with Gasteiger partial charge in [0.15, 0.2) is 0 Å². The molecule has 1 amide bonds. The summed E-state index contributed by atoms with van der Waals surface area (Å²) in [5.41, 5.74) is 5.61. The second-order valence-electron chi connectivity index (χ2n) is 5.05. The van der Waals surface area contributed by atoms with E-state index in [2.05, 4.69) is 17.1 Å². The summed E-state index contributed by atoms with van der Waals surface area (Å²) in [7, 11) is 0. The summed E-state index contributed by atoms with van der Waals surface area (Å²) in [6.07, 6.45) is 4.53. The fourth-order valence-electron chi connectivity index (χ4n) is 2.48. The van der Waals surface area contributed by atoms with Crippen LogP contribution in [0, 0.1) is 5.92 Å². The summed E-state index contributed by atoms with van der Waals surface area (Å²) < 4.78 is 0. The predicted molar refractivity (Wildman–Crippen MR) is 78.0 cm³/mol. The van der Waals surface area contributed by atoms with E-state index in [0.717, 1.165) is 39.0 Å². The van der Waals surface area contributed by atoms with Crippen LogP contribution in [0.15, 0.2) is 0 Å². The largest absolute Gasteiger partial charge is 0.355 e. The van der Waals surface area contributed by atoms with Crippen molar-refractivity contribution in [3.63, 3.8) is 0 Å². The van der Waals surface area contributed by atoms with Gasteiger partial charge in [-0.05, 0) is 51.6 Å². The van der Waals surface area contributed by atoms with Gasteiger partial charge in [0, 0.05) is 13.1 Å². The van der Waals surface area contributed by atoms with E-state index in [-0.39, 0.29) is 24.4 Å². The minimum absolute atomic E-state index is 0. The minimum Gasteiger partial charge on any atom is -0.355 e. The monoisotopic (exact) mass is 277 g/mol. The Morgan fingerprint density at radius 3 is 2.89 bits per heavy atom. The molecule has 0 spiro atoms. The molecule has 0 saturated carbocycles. The maximum absolute atomic E-state index is 11.9. The molecule has 108 valence electrons. The number of rotatable bonds is 6.